The molecule has 1 aliphatic rings. The lowest BCUT2D eigenvalue weighted by Gasteiger charge is -2.40. The second kappa shape index (κ2) is 8.44. The minimum Gasteiger partial charge on any atom is -0.335 e. The van der Waals surface area contributed by atoms with Gasteiger partial charge in [-0.15, -0.1) is 0 Å². The lowest BCUT2D eigenvalue weighted by Crippen LogP contribution is -2.50. The molecule has 5 nitrogen and oxygen atoms in total. The van der Waals surface area contributed by atoms with Crippen LogP contribution in [-0.2, 0) is 7.05 Å². The molecule has 3 aromatic rings. The quantitative estimate of drug-likeness (QED) is 0.665. The van der Waals surface area contributed by atoms with Gasteiger partial charge in [0.2, 0.25) is 0 Å². The van der Waals surface area contributed by atoms with Crippen molar-refractivity contribution in [2.45, 2.75) is 26.8 Å². The van der Waals surface area contributed by atoms with Crippen LogP contribution < -0.4 is 0 Å². The van der Waals surface area contributed by atoms with E-state index in [1.807, 2.05) is 24.9 Å². The molecule has 5 heteroatoms. The van der Waals surface area contributed by atoms with Crippen molar-refractivity contribution in [3.05, 3.63) is 88.2 Å². The van der Waals surface area contributed by atoms with Crippen LogP contribution in [0.2, 0.25) is 0 Å². The van der Waals surface area contributed by atoms with Crippen molar-refractivity contribution < 1.29 is 4.79 Å². The van der Waals surface area contributed by atoms with Crippen molar-refractivity contribution in [1.29, 1.82) is 0 Å². The summed E-state index contributed by atoms with van der Waals surface area (Å²) >= 11 is 0. The van der Waals surface area contributed by atoms with Gasteiger partial charge in [0.05, 0.1) is 6.04 Å². The predicted molar refractivity (Wildman–Crippen MR) is 120 cm³/mol. The maximum atomic E-state index is 12.9. The number of amides is 1. The molecular formula is C25H30N4O. The fourth-order valence-electron chi connectivity index (χ4n) is 4.29. The average Bonchev–Trinajstić information content (AvgIpc) is 3.10. The predicted octanol–water partition coefficient (Wildman–Crippen LogP) is 3.89. The standard InChI is InChI=1S/C25H30N4O/c1-18-10-11-19(2)22(16-18)24(21-8-6-5-7-9-21)28-12-14-29(15-13-28)25(30)23-17-20(3)27(4)26-23/h5-11,16-17,24H,12-15H2,1-4H3. The second-order valence-corrected chi connectivity index (χ2v) is 8.30. The first-order valence-electron chi connectivity index (χ1n) is 10.6. The molecule has 2 heterocycles. The molecule has 1 fully saturated rings. The van der Waals surface area contributed by atoms with Crippen LogP contribution >= 0.6 is 0 Å². The van der Waals surface area contributed by atoms with E-state index < -0.39 is 0 Å². The molecule has 156 valence electrons. The molecule has 1 aliphatic heterocycles. The van der Waals surface area contributed by atoms with E-state index in [1.165, 1.54) is 22.3 Å². The van der Waals surface area contributed by atoms with E-state index in [9.17, 15) is 4.79 Å². The van der Waals surface area contributed by atoms with Gasteiger partial charge < -0.3 is 4.90 Å². The molecule has 2 aromatic carbocycles. The topological polar surface area (TPSA) is 41.4 Å². The van der Waals surface area contributed by atoms with Crippen molar-refractivity contribution in [3.63, 3.8) is 0 Å². The monoisotopic (exact) mass is 402 g/mol. The van der Waals surface area contributed by atoms with Crippen LogP contribution in [0.5, 0.6) is 0 Å². The number of aryl methyl sites for hydroxylation is 4. The summed E-state index contributed by atoms with van der Waals surface area (Å²) in [5.74, 6) is 0.0290. The molecule has 1 amide bonds. The molecule has 0 aliphatic carbocycles. The molecule has 0 bridgehead atoms. The molecule has 1 unspecified atom stereocenters. The Bertz CT molecular complexity index is 1010. The Hall–Kier alpha value is -2.92. The van der Waals surface area contributed by atoms with Gasteiger partial charge in [-0.25, -0.2) is 0 Å². The van der Waals surface area contributed by atoms with Crippen molar-refractivity contribution in [2.24, 2.45) is 7.05 Å². The minimum absolute atomic E-state index is 0.0290. The van der Waals surface area contributed by atoms with Crippen LogP contribution in [0, 0.1) is 20.8 Å². The van der Waals surface area contributed by atoms with Crippen LogP contribution in [0.1, 0.15) is 44.5 Å². The summed E-state index contributed by atoms with van der Waals surface area (Å²) in [6.07, 6.45) is 0. The lowest BCUT2D eigenvalue weighted by molar-refractivity contribution is 0.0590. The third kappa shape index (κ3) is 4.03. The number of piperazine rings is 1. The number of carbonyl (C=O) groups excluding carboxylic acids is 1. The van der Waals surface area contributed by atoms with Gasteiger partial charge in [0.1, 0.15) is 0 Å². The van der Waals surface area contributed by atoms with E-state index in [0.29, 0.717) is 18.8 Å². The smallest absolute Gasteiger partial charge is 0.274 e. The first kappa shape index (κ1) is 20.4. The summed E-state index contributed by atoms with van der Waals surface area (Å²) in [5.41, 5.74) is 6.76. The molecule has 30 heavy (non-hydrogen) atoms. The number of carbonyl (C=O) groups is 1. The summed E-state index contributed by atoms with van der Waals surface area (Å²) < 4.78 is 1.76. The maximum absolute atomic E-state index is 12.9. The van der Waals surface area contributed by atoms with E-state index in [2.05, 4.69) is 72.4 Å². The Kier molecular flexibility index (Phi) is 5.73. The Balaban J connectivity index is 1.56. The number of rotatable bonds is 4. The highest BCUT2D eigenvalue weighted by molar-refractivity contribution is 5.92. The zero-order chi connectivity index (χ0) is 21.3. The molecule has 1 saturated heterocycles. The Morgan fingerprint density at radius 1 is 0.933 bits per heavy atom. The third-order valence-electron chi connectivity index (χ3n) is 6.14. The molecular weight excluding hydrogens is 372 g/mol. The highest BCUT2D eigenvalue weighted by Gasteiger charge is 2.30. The van der Waals surface area contributed by atoms with E-state index in [1.54, 1.807) is 4.68 Å². The highest BCUT2D eigenvalue weighted by Crippen LogP contribution is 2.32. The van der Waals surface area contributed by atoms with Gasteiger partial charge in [-0.05, 0) is 43.5 Å². The van der Waals surface area contributed by atoms with Gasteiger partial charge in [0, 0.05) is 38.9 Å². The molecule has 1 aromatic heterocycles. The fourth-order valence-corrected chi connectivity index (χ4v) is 4.29. The van der Waals surface area contributed by atoms with Crippen molar-refractivity contribution in [1.82, 2.24) is 19.6 Å². The van der Waals surface area contributed by atoms with Crippen molar-refractivity contribution >= 4 is 5.91 Å². The number of hydrogen-bond acceptors (Lipinski definition) is 3. The molecule has 0 radical (unpaired) electrons. The van der Waals surface area contributed by atoms with Crippen LogP contribution in [0.25, 0.3) is 0 Å². The zero-order valence-corrected chi connectivity index (χ0v) is 18.3. The summed E-state index contributed by atoms with van der Waals surface area (Å²) in [7, 11) is 1.87. The zero-order valence-electron chi connectivity index (χ0n) is 18.3. The van der Waals surface area contributed by atoms with E-state index in [4.69, 9.17) is 0 Å². The van der Waals surface area contributed by atoms with Crippen molar-refractivity contribution in [3.8, 4) is 0 Å². The average molecular weight is 403 g/mol. The molecule has 4 rings (SSSR count). The Labute approximate surface area is 178 Å². The van der Waals surface area contributed by atoms with Crippen LogP contribution in [0.3, 0.4) is 0 Å². The normalized spacial score (nSPS) is 15.9. The molecule has 0 N–H and O–H groups in total. The molecule has 0 spiro atoms. The first-order chi connectivity index (χ1) is 14.4. The summed E-state index contributed by atoms with van der Waals surface area (Å²) in [6.45, 7) is 9.40. The van der Waals surface area contributed by atoms with Gasteiger partial charge in [0.25, 0.3) is 5.91 Å². The van der Waals surface area contributed by atoms with Gasteiger partial charge in [-0.2, -0.15) is 5.10 Å². The maximum Gasteiger partial charge on any atom is 0.274 e. The van der Waals surface area contributed by atoms with Crippen LogP contribution in [0.15, 0.2) is 54.6 Å². The SMILES string of the molecule is Cc1ccc(C)c(C(c2ccccc2)N2CCN(C(=O)c3cc(C)n(C)n3)CC2)c1. The molecule has 0 saturated carbocycles. The van der Waals surface area contributed by atoms with E-state index in [0.717, 1.165) is 18.8 Å². The number of hydrogen-bond donors (Lipinski definition) is 0. The summed E-state index contributed by atoms with van der Waals surface area (Å²) in [4.78, 5) is 17.4. The number of aromatic nitrogens is 2. The fraction of sp³-hybridized carbons (Fsp3) is 0.360. The van der Waals surface area contributed by atoms with Gasteiger partial charge in [0.15, 0.2) is 5.69 Å². The highest BCUT2D eigenvalue weighted by atomic mass is 16.2. The Morgan fingerprint density at radius 2 is 1.63 bits per heavy atom. The van der Waals surface area contributed by atoms with Crippen LogP contribution in [0.4, 0.5) is 0 Å². The summed E-state index contributed by atoms with van der Waals surface area (Å²) in [6, 6.07) is 19.5. The van der Waals surface area contributed by atoms with Gasteiger partial charge in [-0.3, -0.25) is 14.4 Å². The van der Waals surface area contributed by atoms with Gasteiger partial charge >= 0.3 is 0 Å². The summed E-state index contributed by atoms with van der Waals surface area (Å²) in [5, 5.41) is 4.37. The minimum atomic E-state index is 0.0290. The van der Waals surface area contributed by atoms with Crippen LogP contribution in [-0.4, -0.2) is 51.7 Å². The van der Waals surface area contributed by atoms with Gasteiger partial charge in [-0.1, -0.05) is 54.1 Å². The Morgan fingerprint density at radius 3 is 2.27 bits per heavy atom. The van der Waals surface area contributed by atoms with E-state index >= 15 is 0 Å². The number of benzene rings is 2. The largest absolute Gasteiger partial charge is 0.335 e. The van der Waals surface area contributed by atoms with Crippen molar-refractivity contribution in [2.75, 3.05) is 26.2 Å². The first-order valence-corrected chi connectivity index (χ1v) is 10.6. The third-order valence-corrected chi connectivity index (χ3v) is 6.14. The lowest BCUT2D eigenvalue weighted by atomic mass is 9.92. The molecule has 1 atom stereocenters. The second-order valence-electron chi connectivity index (χ2n) is 8.30. The van der Waals surface area contributed by atoms with E-state index in [-0.39, 0.29) is 11.9 Å². The number of nitrogens with zero attached hydrogens (tertiary/aromatic N) is 4.